The van der Waals surface area contributed by atoms with E-state index in [9.17, 15) is 24.5 Å². The van der Waals surface area contributed by atoms with Crippen LogP contribution in [0, 0.1) is 0 Å². The first kappa shape index (κ1) is 13.3. The Morgan fingerprint density at radius 3 is 2.50 bits per heavy atom. The van der Waals surface area contributed by atoms with Crippen molar-refractivity contribution < 1.29 is 34.3 Å². The predicted octanol–water partition coefficient (Wildman–Crippen LogP) is -2.78. The van der Waals surface area contributed by atoms with Gasteiger partial charge in [0.1, 0.15) is 18.3 Å². The van der Waals surface area contributed by atoms with Crippen LogP contribution in [0.1, 0.15) is 6.92 Å². The van der Waals surface area contributed by atoms with Crippen LogP contribution in [-0.4, -0.2) is 63.3 Å². The van der Waals surface area contributed by atoms with Crippen molar-refractivity contribution in [1.82, 2.24) is 5.32 Å². The van der Waals surface area contributed by atoms with Crippen molar-refractivity contribution in [2.75, 3.05) is 6.61 Å². The van der Waals surface area contributed by atoms with Gasteiger partial charge in [0.15, 0.2) is 0 Å². The maximum atomic E-state index is 14.0. The molecule has 0 aromatic carbocycles. The highest BCUT2D eigenvalue weighted by Gasteiger charge is 2.56. The Hall–Kier alpha value is -0.800. The quantitative estimate of drug-likeness (QED) is 0.332. The Morgan fingerprint density at radius 1 is 1.50 bits per heavy atom. The molecule has 0 radical (unpaired) electrons. The molecule has 0 aromatic rings. The van der Waals surface area contributed by atoms with E-state index in [0.717, 1.165) is 6.92 Å². The van der Waals surface area contributed by atoms with E-state index in [1.807, 2.05) is 0 Å². The zero-order chi connectivity index (χ0) is 12.5. The summed E-state index contributed by atoms with van der Waals surface area (Å²) in [5, 5.41) is 38.5. The molecule has 0 aliphatic carbocycles. The van der Waals surface area contributed by atoms with Crippen molar-refractivity contribution in [3.05, 3.63) is 0 Å². The lowest BCUT2D eigenvalue weighted by Gasteiger charge is -2.44. The summed E-state index contributed by atoms with van der Waals surface area (Å²) in [6.07, 6.45) is -7.35. The van der Waals surface area contributed by atoms with Gasteiger partial charge < -0.3 is 30.5 Å². The average Bonchev–Trinajstić information content (AvgIpc) is 2.20. The maximum absolute atomic E-state index is 14.0. The fourth-order valence-electron chi connectivity index (χ4n) is 1.50. The number of rotatable bonds is 2. The number of alkyl halides is 1. The summed E-state index contributed by atoms with van der Waals surface area (Å²) in [7, 11) is 0. The highest BCUT2D eigenvalue weighted by atomic mass is 19.1. The lowest BCUT2D eigenvalue weighted by molar-refractivity contribution is -0.314. The fourth-order valence-corrected chi connectivity index (χ4v) is 1.50. The molecule has 0 saturated carbocycles. The number of halogens is 1. The van der Waals surface area contributed by atoms with Gasteiger partial charge in [-0.3, -0.25) is 4.79 Å². The Morgan fingerprint density at radius 2 is 2.06 bits per heavy atom. The minimum Gasteiger partial charge on any atom is -0.394 e. The first-order valence-corrected chi connectivity index (χ1v) is 4.61. The molecule has 1 rings (SSSR count). The second kappa shape index (κ2) is 4.60. The number of hydrogen-bond acceptors (Lipinski definition) is 6. The van der Waals surface area contributed by atoms with E-state index in [0.29, 0.717) is 0 Å². The molecule has 1 heterocycles. The number of carbonyl (C=O) groups is 1. The molecule has 1 aliphatic rings. The molecule has 0 bridgehead atoms. The molecule has 5 N–H and O–H groups in total. The van der Waals surface area contributed by atoms with Crippen molar-refractivity contribution >= 4 is 5.91 Å². The maximum Gasteiger partial charge on any atom is 0.262 e. The first-order chi connectivity index (χ1) is 7.32. The second-order valence-corrected chi connectivity index (χ2v) is 3.59. The molecule has 1 amide bonds. The van der Waals surface area contributed by atoms with E-state index in [-0.39, 0.29) is 0 Å². The van der Waals surface area contributed by atoms with E-state index in [2.05, 4.69) is 4.74 Å². The van der Waals surface area contributed by atoms with Crippen LogP contribution in [0.4, 0.5) is 4.39 Å². The van der Waals surface area contributed by atoms with Gasteiger partial charge in [0.25, 0.3) is 5.79 Å². The van der Waals surface area contributed by atoms with Crippen LogP contribution in [0.2, 0.25) is 0 Å². The molecule has 1 fully saturated rings. The summed E-state index contributed by atoms with van der Waals surface area (Å²) in [5.74, 6) is -3.85. The number of carbonyl (C=O) groups excluding carboxylic acids is 1. The monoisotopic (exact) mass is 239 g/mol. The van der Waals surface area contributed by atoms with E-state index in [1.54, 1.807) is 5.32 Å². The van der Waals surface area contributed by atoms with Gasteiger partial charge in [-0.2, -0.15) is 0 Å². The third kappa shape index (κ3) is 2.15. The van der Waals surface area contributed by atoms with Crippen LogP contribution in [0.15, 0.2) is 0 Å². The van der Waals surface area contributed by atoms with E-state index >= 15 is 0 Å². The number of aliphatic hydroxyl groups excluding tert-OH is 4. The number of nitrogens with one attached hydrogen (secondary N) is 1. The zero-order valence-electron chi connectivity index (χ0n) is 8.50. The number of aliphatic hydroxyl groups is 4. The van der Waals surface area contributed by atoms with Crippen molar-refractivity contribution in [2.45, 2.75) is 37.3 Å². The lowest BCUT2D eigenvalue weighted by Crippen LogP contribution is -2.70. The third-order valence-electron chi connectivity index (χ3n) is 2.35. The molecule has 0 spiro atoms. The third-order valence-corrected chi connectivity index (χ3v) is 2.35. The number of ether oxygens (including phenoxy) is 1. The van der Waals surface area contributed by atoms with Gasteiger partial charge in [-0.05, 0) is 0 Å². The molecule has 1 unspecified atom stereocenters. The summed E-state index contributed by atoms with van der Waals surface area (Å²) < 4.78 is 18.5. The van der Waals surface area contributed by atoms with Gasteiger partial charge >= 0.3 is 0 Å². The number of hydrogen-bond donors (Lipinski definition) is 5. The van der Waals surface area contributed by atoms with Crippen LogP contribution in [0.25, 0.3) is 0 Å². The molecule has 5 atom stereocenters. The predicted molar refractivity (Wildman–Crippen MR) is 47.6 cm³/mol. The standard InChI is InChI=1S/C8H14FNO6/c1-3(12)10-8(9)6(14)5(13)4(2-11)16-7(8)15/h4-7,11,13-15H,2H2,1H3,(H,10,12)/t4-,5-,6-,7?,8+/m1/s1. The van der Waals surface area contributed by atoms with Crippen molar-refractivity contribution in [3.63, 3.8) is 0 Å². The summed E-state index contributed by atoms with van der Waals surface area (Å²) in [4.78, 5) is 10.7. The van der Waals surface area contributed by atoms with Crippen LogP contribution >= 0.6 is 0 Å². The summed E-state index contributed by atoms with van der Waals surface area (Å²) >= 11 is 0. The smallest absolute Gasteiger partial charge is 0.262 e. The summed E-state index contributed by atoms with van der Waals surface area (Å²) in [5.41, 5.74) is 0. The van der Waals surface area contributed by atoms with Crippen LogP contribution < -0.4 is 5.32 Å². The lowest BCUT2D eigenvalue weighted by atomic mass is 9.95. The Balaban J connectivity index is 2.90. The van der Waals surface area contributed by atoms with Gasteiger partial charge in [0.05, 0.1) is 6.61 Å². The van der Waals surface area contributed by atoms with Gasteiger partial charge in [-0.25, -0.2) is 4.39 Å². The molecule has 94 valence electrons. The topological polar surface area (TPSA) is 119 Å². The highest BCUT2D eigenvalue weighted by molar-refractivity contribution is 5.73. The second-order valence-electron chi connectivity index (χ2n) is 3.59. The van der Waals surface area contributed by atoms with Crippen LogP contribution in [0.5, 0.6) is 0 Å². The minimum absolute atomic E-state index is 0.703. The normalized spacial score (nSPS) is 44.1. The summed E-state index contributed by atoms with van der Waals surface area (Å²) in [6.45, 7) is 0.275. The first-order valence-electron chi connectivity index (χ1n) is 4.61. The molecular weight excluding hydrogens is 225 g/mol. The minimum atomic E-state index is -3.00. The van der Waals surface area contributed by atoms with Crippen molar-refractivity contribution in [3.8, 4) is 0 Å². The Kier molecular flexibility index (Phi) is 3.81. The van der Waals surface area contributed by atoms with Crippen LogP contribution in [0.3, 0.4) is 0 Å². The number of amides is 1. The molecule has 1 aliphatic heterocycles. The largest absolute Gasteiger partial charge is 0.394 e. The van der Waals surface area contributed by atoms with E-state index < -0.39 is 42.9 Å². The van der Waals surface area contributed by atoms with Gasteiger partial charge in [0, 0.05) is 6.92 Å². The molecular formula is C8H14FNO6. The fraction of sp³-hybridized carbons (Fsp3) is 0.875. The van der Waals surface area contributed by atoms with Crippen molar-refractivity contribution in [1.29, 1.82) is 0 Å². The van der Waals surface area contributed by atoms with Crippen LogP contribution in [-0.2, 0) is 9.53 Å². The highest BCUT2D eigenvalue weighted by Crippen LogP contribution is 2.29. The SMILES string of the molecule is CC(=O)N[C@]1(F)C(O)O[C@H](CO)[C@@H](O)[C@H]1O. The van der Waals surface area contributed by atoms with Gasteiger partial charge in [-0.15, -0.1) is 0 Å². The Bertz CT molecular complexity index is 277. The summed E-state index contributed by atoms with van der Waals surface area (Å²) in [6, 6.07) is 0. The average molecular weight is 239 g/mol. The van der Waals surface area contributed by atoms with E-state index in [4.69, 9.17) is 5.11 Å². The molecule has 7 nitrogen and oxygen atoms in total. The Labute approximate surface area is 90.5 Å². The zero-order valence-corrected chi connectivity index (χ0v) is 8.50. The molecule has 8 heteroatoms. The van der Waals surface area contributed by atoms with Gasteiger partial charge in [-0.1, -0.05) is 0 Å². The van der Waals surface area contributed by atoms with Gasteiger partial charge in [0.2, 0.25) is 12.2 Å². The molecule has 16 heavy (non-hydrogen) atoms. The molecule has 0 aromatic heterocycles. The molecule has 1 saturated heterocycles. The van der Waals surface area contributed by atoms with Crippen molar-refractivity contribution in [2.24, 2.45) is 0 Å². The van der Waals surface area contributed by atoms with E-state index in [1.165, 1.54) is 0 Å².